The van der Waals surface area contributed by atoms with E-state index in [4.69, 9.17) is 4.74 Å². The Labute approximate surface area is 105 Å². The van der Waals surface area contributed by atoms with Gasteiger partial charge < -0.3 is 10.1 Å². The third-order valence-corrected chi connectivity index (χ3v) is 4.25. The van der Waals surface area contributed by atoms with Crippen LogP contribution in [0.4, 0.5) is 5.13 Å². The Balaban J connectivity index is 1.81. The van der Waals surface area contributed by atoms with Crippen molar-refractivity contribution in [2.45, 2.75) is 25.8 Å². The van der Waals surface area contributed by atoms with E-state index in [1.54, 1.807) is 18.4 Å². The number of ether oxygens (including phenoxy) is 1. The van der Waals surface area contributed by atoms with Crippen LogP contribution in [0.25, 0.3) is 10.2 Å². The summed E-state index contributed by atoms with van der Waals surface area (Å²) in [5.74, 6) is 1.76. The van der Waals surface area contributed by atoms with Crippen LogP contribution in [0.2, 0.25) is 0 Å². The summed E-state index contributed by atoms with van der Waals surface area (Å²) < 4.78 is 6.40. The van der Waals surface area contributed by atoms with Crippen molar-refractivity contribution in [1.82, 2.24) is 4.98 Å². The first-order valence-electron chi connectivity index (χ1n) is 5.95. The molecule has 4 heteroatoms. The number of thiazole rings is 1. The van der Waals surface area contributed by atoms with Crippen LogP contribution in [-0.2, 0) is 0 Å². The summed E-state index contributed by atoms with van der Waals surface area (Å²) in [4.78, 5) is 4.59. The van der Waals surface area contributed by atoms with Crippen molar-refractivity contribution in [3.05, 3.63) is 18.2 Å². The third-order valence-electron chi connectivity index (χ3n) is 3.30. The van der Waals surface area contributed by atoms with Crippen LogP contribution in [0.5, 0.6) is 5.75 Å². The number of methoxy groups -OCH3 is 1. The zero-order chi connectivity index (χ0) is 11.8. The molecule has 0 amide bonds. The average Bonchev–Trinajstić information content (AvgIpc) is 2.68. The minimum Gasteiger partial charge on any atom is -0.497 e. The number of hydrogen-bond acceptors (Lipinski definition) is 4. The van der Waals surface area contributed by atoms with E-state index in [-0.39, 0.29) is 0 Å². The van der Waals surface area contributed by atoms with Crippen molar-refractivity contribution >= 4 is 26.7 Å². The van der Waals surface area contributed by atoms with Crippen LogP contribution >= 0.6 is 11.3 Å². The Kier molecular flexibility index (Phi) is 2.67. The standard InChI is InChI=1S/C13H16N2OS/c1-8-5-9(6-8)14-13-15-11-4-3-10(16-2)7-12(11)17-13/h3-4,7-9H,5-6H2,1-2H3,(H,14,15). The molecule has 0 bridgehead atoms. The Hall–Kier alpha value is -1.29. The Morgan fingerprint density at radius 1 is 1.41 bits per heavy atom. The van der Waals surface area contributed by atoms with Gasteiger partial charge in [-0.1, -0.05) is 18.3 Å². The SMILES string of the molecule is COc1ccc2nc(NC3CC(C)C3)sc2c1. The number of nitrogens with zero attached hydrogens (tertiary/aromatic N) is 1. The summed E-state index contributed by atoms with van der Waals surface area (Å²) in [6.45, 7) is 2.29. The van der Waals surface area contributed by atoms with Gasteiger partial charge in [0.15, 0.2) is 5.13 Å². The molecule has 0 radical (unpaired) electrons. The molecule has 1 aliphatic rings. The van der Waals surface area contributed by atoms with Gasteiger partial charge in [-0.15, -0.1) is 0 Å². The highest BCUT2D eigenvalue weighted by Gasteiger charge is 2.25. The van der Waals surface area contributed by atoms with Crippen molar-refractivity contribution < 1.29 is 4.74 Å². The lowest BCUT2D eigenvalue weighted by Crippen LogP contribution is -2.33. The second-order valence-electron chi connectivity index (χ2n) is 4.77. The number of aromatic nitrogens is 1. The van der Waals surface area contributed by atoms with Gasteiger partial charge in [0, 0.05) is 6.04 Å². The van der Waals surface area contributed by atoms with Gasteiger partial charge in [0.1, 0.15) is 5.75 Å². The summed E-state index contributed by atoms with van der Waals surface area (Å²) in [5, 5.41) is 4.53. The van der Waals surface area contributed by atoms with Gasteiger partial charge in [-0.05, 0) is 37.0 Å². The molecule has 1 fully saturated rings. The van der Waals surface area contributed by atoms with E-state index >= 15 is 0 Å². The molecule has 2 aromatic rings. The maximum absolute atomic E-state index is 5.22. The van der Waals surface area contributed by atoms with Gasteiger partial charge in [-0.25, -0.2) is 4.98 Å². The van der Waals surface area contributed by atoms with Crippen LogP contribution in [0.3, 0.4) is 0 Å². The van der Waals surface area contributed by atoms with Gasteiger partial charge in [0.05, 0.1) is 17.3 Å². The molecule has 0 aliphatic heterocycles. The fourth-order valence-electron chi connectivity index (χ4n) is 2.29. The molecule has 17 heavy (non-hydrogen) atoms. The topological polar surface area (TPSA) is 34.1 Å². The molecule has 1 aromatic heterocycles. The van der Waals surface area contributed by atoms with E-state index in [0.29, 0.717) is 6.04 Å². The maximum Gasteiger partial charge on any atom is 0.184 e. The summed E-state index contributed by atoms with van der Waals surface area (Å²) in [6, 6.07) is 6.63. The summed E-state index contributed by atoms with van der Waals surface area (Å²) in [7, 11) is 1.69. The molecule has 0 unspecified atom stereocenters. The molecular weight excluding hydrogens is 232 g/mol. The fraction of sp³-hybridized carbons (Fsp3) is 0.462. The van der Waals surface area contributed by atoms with E-state index < -0.39 is 0 Å². The molecule has 90 valence electrons. The number of benzene rings is 1. The van der Waals surface area contributed by atoms with E-state index in [0.717, 1.165) is 22.3 Å². The molecule has 0 saturated heterocycles. The second kappa shape index (κ2) is 4.18. The summed E-state index contributed by atoms with van der Waals surface area (Å²) >= 11 is 1.70. The lowest BCUT2D eigenvalue weighted by atomic mass is 9.82. The molecule has 0 atom stereocenters. The minimum atomic E-state index is 0.618. The molecule has 1 aromatic carbocycles. The lowest BCUT2D eigenvalue weighted by Gasteiger charge is -2.33. The first-order chi connectivity index (χ1) is 8.24. The number of rotatable bonds is 3. The number of nitrogens with one attached hydrogen (secondary N) is 1. The lowest BCUT2D eigenvalue weighted by molar-refractivity contribution is 0.309. The zero-order valence-corrected chi connectivity index (χ0v) is 10.9. The van der Waals surface area contributed by atoms with E-state index in [9.17, 15) is 0 Å². The van der Waals surface area contributed by atoms with Gasteiger partial charge in [0.2, 0.25) is 0 Å². The van der Waals surface area contributed by atoms with Crippen molar-refractivity contribution in [2.75, 3.05) is 12.4 Å². The van der Waals surface area contributed by atoms with Gasteiger partial charge >= 0.3 is 0 Å². The molecular formula is C13H16N2OS. The monoisotopic (exact) mass is 248 g/mol. The molecule has 3 nitrogen and oxygen atoms in total. The largest absolute Gasteiger partial charge is 0.497 e. The first kappa shape index (κ1) is 10.8. The van der Waals surface area contributed by atoms with E-state index in [1.165, 1.54) is 17.5 Å². The number of anilines is 1. The molecule has 3 rings (SSSR count). The Morgan fingerprint density at radius 2 is 2.24 bits per heavy atom. The Morgan fingerprint density at radius 3 is 2.94 bits per heavy atom. The fourth-order valence-corrected chi connectivity index (χ4v) is 3.26. The quantitative estimate of drug-likeness (QED) is 0.902. The van der Waals surface area contributed by atoms with Crippen LogP contribution < -0.4 is 10.1 Å². The predicted molar refractivity (Wildman–Crippen MR) is 72.0 cm³/mol. The van der Waals surface area contributed by atoms with E-state index in [1.807, 2.05) is 18.2 Å². The molecule has 1 N–H and O–H groups in total. The smallest absolute Gasteiger partial charge is 0.184 e. The normalized spacial score (nSPS) is 23.4. The summed E-state index contributed by atoms with van der Waals surface area (Å²) in [6.07, 6.45) is 2.53. The van der Waals surface area contributed by atoms with Crippen molar-refractivity contribution in [1.29, 1.82) is 0 Å². The molecule has 0 spiro atoms. The highest BCUT2D eigenvalue weighted by Crippen LogP contribution is 2.33. The predicted octanol–water partition coefficient (Wildman–Crippen LogP) is 3.52. The molecule has 1 heterocycles. The van der Waals surface area contributed by atoms with Crippen LogP contribution in [0.15, 0.2) is 18.2 Å². The van der Waals surface area contributed by atoms with Crippen molar-refractivity contribution in [2.24, 2.45) is 5.92 Å². The number of fused-ring (bicyclic) bond motifs is 1. The highest BCUT2D eigenvalue weighted by atomic mass is 32.1. The molecule has 1 aliphatic carbocycles. The maximum atomic E-state index is 5.22. The third kappa shape index (κ3) is 2.09. The van der Waals surface area contributed by atoms with Crippen LogP contribution in [-0.4, -0.2) is 18.1 Å². The highest BCUT2D eigenvalue weighted by molar-refractivity contribution is 7.22. The number of hydrogen-bond donors (Lipinski definition) is 1. The van der Waals surface area contributed by atoms with Crippen LogP contribution in [0, 0.1) is 5.92 Å². The van der Waals surface area contributed by atoms with Crippen LogP contribution in [0.1, 0.15) is 19.8 Å². The zero-order valence-electron chi connectivity index (χ0n) is 10.1. The van der Waals surface area contributed by atoms with E-state index in [2.05, 4.69) is 17.2 Å². The molecule has 1 saturated carbocycles. The first-order valence-corrected chi connectivity index (χ1v) is 6.77. The van der Waals surface area contributed by atoms with Gasteiger partial charge in [0.25, 0.3) is 0 Å². The van der Waals surface area contributed by atoms with Gasteiger partial charge in [-0.3, -0.25) is 0 Å². The average molecular weight is 248 g/mol. The Bertz CT molecular complexity index is 531. The van der Waals surface area contributed by atoms with Crippen molar-refractivity contribution in [3.63, 3.8) is 0 Å². The van der Waals surface area contributed by atoms with Crippen molar-refractivity contribution in [3.8, 4) is 5.75 Å². The second-order valence-corrected chi connectivity index (χ2v) is 5.80. The minimum absolute atomic E-state index is 0.618. The summed E-state index contributed by atoms with van der Waals surface area (Å²) in [5.41, 5.74) is 1.05. The van der Waals surface area contributed by atoms with Gasteiger partial charge in [-0.2, -0.15) is 0 Å².